The Hall–Kier alpha value is -5.51. The fraction of sp³-hybridized carbons (Fsp3) is 0.0811. The predicted molar refractivity (Wildman–Crippen MR) is 182 cm³/mol. The first-order valence-corrected chi connectivity index (χ1v) is 15.3. The summed E-state index contributed by atoms with van der Waals surface area (Å²) in [6, 6.07) is 28.6. The smallest absolute Gasteiger partial charge is 0.262 e. The molecule has 8 nitrogen and oxygen atoms in total. The largest absolute Gasteiger partial charge is 0.483 e. The molecule has 2 N–H and O–H groups in total. The number of ketones is 2. The number of rotatable bonds is 12. The Kier molecular flexibility index (Phi) is 10.8. The number of hydrogen-bond acceptors (Lipinski definition) is 6. The van der Waals surface area contributed by atoms with Crippen molar-refractivity contribution in [3.63, 3.8) is 0 Å². The van der Waals surface area contributed by atoms with Gasteiger partial charge in [0, 0.05) is 27.3 Å². The molecular weight excluding hydrogens is 658 g/mol. The highest BCUT2D eigenvalue weighted by molar-refractivity contribution is 6.32. The molecule has 5 aromatic carbocycles. The number of ether oxygens (including phenoxy) is 2. The summed E-state index contributed by atoms with van der Waals surface area (Å²) in [5, 5.41) is 5.55. The van der Waals surface area contributed by atoms with Gasteiger partial charge in [-0.05, 0) is 79.2 Å². The average molecular weight is 686 g/mol. The van der Waals surface area contributed by atoms with E-state index >= 15 is 0 Å². The van der Waals surface area contributed by atoms with Crippen LogP contribution >= 0.6 is 23.2 Å². The van der Waals surface area contributed by atoms with Crippen molar-refractivity contribution in [1.82, 2.24) is 0 Å². The van der Waals surface area contributed by atoms with Gasteiger partial charge in [-0.3, -0.25) is 19.2 Å². The molecule has 0 saturated heterocycles. The summed E-state index contributed by atoms with van der Waals surface area (Å²) in [4.78, 5) is 50.9. The second kappa shape index (κ2) is 15.4. The lowest BCUT2D eigenvalue weighted by Crippen LogP contribution is -2.24. The number of anilines is 2. The number of para-hydroxylation sites is 2. The predicted octanol–water partition coefficient (Wildman–Crippen LogP) is 7.94. The van der Waals surface area contributed by atoms with Gasteiger partial charge in [0.25, 0.3) is 11.8 Å². The monoisotopic (exact) mass is 684 g/mol. The van der Waals surface area contributed by atoms with Gasteiger partial charge >= 0.3 is 0 Å². The Balaban J connectivity index is 1.16. The SMILES string of the molecule is Cc1cc(C(=O)c2ccccc2)ccc1OCC(=O)Nc1ccccc1NC(=O)COc1c(F)cc(C(=O)c2ccc(Cl)cc2)cc1Cl. The minimum atomic E-state index is -0.923. The van der Waals surface area contributed by atoms with Crippen molar-refractivity contribution in [2.45, 2.75) is 6.92 Å². The molecule has 0 unspecified atom stereocenters. The lowest BCUT2D eigenvalue weighted by atomic mass is 10.0. The molecule has 0 atom stereocenters. The summed E-state index contributed by atoms with van der Waals surface area (Å²) in [6.45, 7) is 0.817. The van der Waals surface area contributed by atoms with Crippen LogP contribution in [0.25, 0.3) is 0 Å². The summed E-state index contributed by atoms with van der Waals surface area (Å²) in [5.74, 6) is -2.64. The number of carbonyl (C=O) groups excluding carboxylic acids is 4. The van der Waals surface area contributed by atoms with E-state index < -0.39 is 35.8 Å². The van der Waals surface area contributed by atoms with Gasteiger partial charge in [-0.25, -0.2) is 4.39 Å². The van der Waals surface area contributed by atoms with Gasteiger partial charge in [-0.15, -0.1) is 0 Å². The Morgan fingerprint density at radius 2 is 1.17 bits per heavy atom. The van der Waals surface area contributed by atoms with E-state index in [1.54, 1.807) is 85.8 Å². The molecule has 5 aromatic rings. The maximum Gasteiger partial charge on any atom is 0.262 e. The molecule has 5 rings (SSSR count). The first-order valence-electron chi connectivity index (χ1n) is 14.5. The molecule has 0 saturated carbocycles. The van der Waals surface area contributed by atoms with Crippen molar-refractivity contribution >= 4 is 58.0 Å². The highest BCUT2D eigenvalue weighted by Crippen LogP contribution is 2.31. The zero-order valence-corrected chi connectivity index (χ0v) is 26.9. The van der Waals surface area contributed by atoms with Gasteiger partial charge in [-0.2, -0.15) is 0 Å². The summed E-state index contributed by atoms with van der Waals surface area (Å²) < 4.78 is 25.9. The number of benzene rings is 5. The fourth-order valence-corrected chi connectivity index (χ4v) is 5.05. The first kappa shape index (κ1) is 33.8. The zero-order chi connectivity index (χ0) is 34.2. The summed E-state index contributed by atoms with van der Waals surface area (Å²) in [7, 11) is 0. The van der Waals surface area contributed by atoms with E-state index in [1.165, 1.54) is 18.2 Å². The van der Waals surface area contributed by atoms with E-state index in [1.807, 2.05) is 6.07 Å². The molecule has 11 heteroatoms. The van der Waals surface area contributed by atoms with Crippen LogP contribution in [0.3, 0.4) is 0 Å². The molecule has 0 aliphatic heterocycles. The number of carbonyl (C=O) groups is 4. The molecule has 242 valence electrons. The molecule has 0 bridgehead atoms. The van der Waals surface area contributed by atoms with Crippen LogP contribution in [-0.2, 0) is 9.59 Å². The third-order valence-corrected chi connectivity index (χ3v) is 7.55. The lowest BCUT2D eigenvalue weighted by Gasteiger charge is -2.14. The van der Waals surface area contributed by atoms with Crippen molar-refractivity contribution in [2.75, 3.05) is 23.8 Å². The van der Waals surface area contributed by atoms with Gasteiger partial charge in [0.15, 0.2) is 36.3 Å². The summed E-state index contributed by atoms with van der Waals surface area (Å²) >= 11 is 12.1. The van der Waals surface area contributed by atoms with E-state index in [9.17, 15) is 23.6 Å². The third kappa shape index (κ3) is 8.44. The highest BCUT2D eigenvalue weighted by atomic mass is 35.5. The molecule has 0 aliphatic rings. The topological polar surface area (TPSA) is 111 Å². The fourth-order valence-electron chi connectivity index (χ4n) is 4.66. The van der Waals surface area contributed by atoms with E-state index in [-0.39, 0.29) is 34.4 Å². The van der Waals surface area contributed by atoms with E-state index in [4.69, 9.17) is 32.7 Å². The molecule has 0 radical (unpaired) electrons. The second-order valence-corrected chi connectivity index (χ2v) is 11.3. The summed E-state index contributed by atoms with van der Waals surface area (Å²) in [6.07, 6.45) is 0. The van der Waals surface area contributed by atoms with Crippen LogP contribution in [0.4, 0.5) is 15.8 Å². The van der Waals surface area contributed by atoms with Crippen LogP contribution in [0.1, 0.15) is 37.4 Å². The second-order valence-electron chi connectivity index (χ2n) is 10.5. The van der Waals surface area contributed by atoms with Crippen LogP contribution in [-0.4, -0.2) is 36.6 Å². The molecular formula is C37H27Cl2FN2O6. The van der Waals surface area contributed by atoms with E-state index in [0.29, 0.717) is 33.0 Å². The van der Waals surface area contributed by atoms with Crippen molar-refractivity contribution in [2.24, 2.45) is 0 Å². The van der Waals surface area contributed by atoms with Crippen molar-refractivity contribution < 1.29 is 33.0 Å². The molecule has 48 heavy (non-hydrogen) atoms. The van der Waals surface area contributed by atoms with Crippen LogP contribution in [0.5, 0.6) is 11.5 Å². The zero-order valence-electron chi connectivity index (χ0n) is 25.4. The van der Waals surface area contributed by atoms with E-state index in [0.717, 1.165) is 6.07 Å². The molecule has 0 aliphatic carbocycles. The molecule has 2 amide bonds. The van der Waals surface area contributed by atoms with Gasteiger partial charge in [-0.1, -0.05) is 65.7 Å². The van der Waals surface area contributed by atoms with Gasteiger partial charge in [0.2, 0.25) is 0 Å². The lowest BCUT2D eigenvalue weighted by molar-refractivity contribution is -0.119. The Morgan fingerprint density at radius 3 is 1.77 bits per heavy atom. The van der Waals surface area contributed by atoms with Crippen LogP contribution in [0.15, 0.2) is 109 Å². The average Bonchev–Trinajstić information content (AvgIpc) is 3.08. The third-order valence-electron chi connectivity index (χ3n) is 7.02. The van der Waals surface area contributed by atoms with Crippen molar-refractivity contribution in [1.29, 1.82) is 0 Å². The Morgan fingerprint density at radius 1 is 0.625 bits per heavy atom. The van der Waals surface area contributed by atoms with Crippen molar-refractivity contribution in [3.05, 3.63) is 153 Å². The number of nitrogens with one attached hydrogen (secondary N) is 2. The Labute approximate surface area is 285 Å². The number of amides is 2. The quantitative estimate of drug-likeness (QED) is 0.129. The van der Waals surface area contributed by atoms with Crippen LogP contribution in [0.2, 0.25) is 10.0 Å². The Bertz CT molecular complexity index is 1980. The normalized spacial score (nSPS) is 10.6. The van der Waals surface area contributed by atoms with Gasteiger partial charge in [0.1, 0.15) is 5.75 Å². The molecule has 0 spiro atoms. The van der Waals surface area contributed by atoms with Crippen molar-refractivity contribution in [3.8, 4) is 11.5 Å². The maximum atomic E-state index is 14.9. The number of aryl methyl sites for hydroxylation is 1. The minimum absolute atomic E-state index is 0.00407. The number of halogens is 3. The van der Waals surface area contributed by atoms with Gasteiger partial charge in [0.05, 0.1) is 16.4 Å². The molecule has 0 aromatic heterocycles. The number of hydrogen-bond donors (Lipinski definition) is 2. The maximum absolute atomic E-state index is 14.9. The highest BCUT2D eigenvalue weighted by Gasteiger charge is 2.19. The standard InChI is InChI=1S/C37H27Cl2FN2O6/c1-22-17-25(35(45)23-7-3-2-4-8-23)13-16-32(22)47-20-33(43)41-30-9-5-6-10-31(30)42-34(44)21-48-37-28(39)18-26(19-29(37)40)36(46)24-11-14-27(38)15-12-24/h2-19H,20-21H2,1H3,(H,41,43)(H,42,44). The van der Waals surface area contributed by atoms with Crippen LogP contribution in [0, 0.1) is 12.7 Å². The summed E-state index contributed by atoms with van der Waals surface area (Å²) in [5.41, 5.74) is 2.57. The van der Waals surface area contributed by atoms with Gasteiger partial charge < -0.3 is 20.1 Å². The van der Waals surface area contributed by atoms with E-state index in [2.05, 4.69) is 10.6 Å². The first-order chi connectivity index (χ1) is 23.1. The van der Waals surface area contributed by atoms with Crippen LogP contribution < -0.4 is 20.1 Å². The molecule has 0 fully saturated rings. The minimum Gasteiger partial charge on any atom is -0.483 e. The molecule has 0 heterocycles.